The van der Waals surface area contributed by atoms with Gasteiger partial charge in [-0.3, -0.25) is 5.10 Å². The van der Waals surface area contributed by atoms with Gasteiger partial charge in [-0.2, -0.15) is 5.10 Å². The fraction of sp³-hybridized carbons (Fsp3) is 0.429. The quantitative estimate of drug-likeness (QED) is 0.860. The number of nitrogens with zero attached hydrogens (tertiary/aromatic N) is 2. The second kappa shape index (κ2) is 5.40. The highest BCUT2D eigenvalue weighted by Gasteiger charge is 2.16. The molecule has 1 atom stereocenters. The van der Waals surface area contributed by atoms with Crippen LogP contribution in [0, 0.1) is 0 Å². The van der Waals surface area contributed by atoms with Crippen molar-refractivity contribution in [3.05, 3.63) is 41.5 Å². The molecule has 0 amide bonds. The highest BCUT2D eigenvalue weighted by Crippen LogP contribution is 2.29. The SMILES string of the molecule is CCC(NCc1ncn[nH]1)c1ccc2c(c1)CCO2. The fourth-order valence-electron chi connectivity index (χ4n) is 2.46. The molecule has 5 nitrogen and oxygen atoms in total. The smallest absolute Gasteiger partial charge is 0.138 e. The number of rotatable bonds is 5. The van der Waals surface area contributed by atoms with E-state index < -0.39 is 0 Å². The molecule has 1 aromatic carbocycles. The van der Waals surface area contributed by atoms with E-state index in [0.717, 1.165) is 31.0 Å². The summed E-state index contributed by atoms with van der Waals surface area (Å²) >= 11 is 0. The first-order valence-electron chi connectivity index (χ1n) is 6.70. The minimum Gasteiger partial charge on any atom is -0.493 e. The summed E-state index contributed by atoms with van der Waals surface area (Å²) in [5.41, 5.74) is 2.63. The molecule has 0 fully saturated rings. The molecule has 0 saturated carbocycles. The molecule has 100 valence electrons. The maximum absolute atomic E-state index is 5.54. The van der Waals surface area contributed by atoms with Gasteiger partial charge < -0.3 is 10.1 Å². The van der Waals surface area contributed by atoms with Crippen molar-refractivity contribution in [1.82, 2.24) is 20.5 Å². The normalized spacial score (nSPS) is 15.0. The zero-order valence-corrected chi connectivity index (χ0v) is 11.0. The standard InChI is InChI=1S/C14H18N4O/c1-2-12(15-8-14-16-9-17-18-14)10-3-4-13-11(7-10)5-6-19-13/h3-4,7,9,12,15H,2,5-6,8H2,1H3,(H,16,17,18). The summed E-state index contributed by atoms with van der Waals surface area (Å²) in [6.45, 7) is 3.69. The number of aromatic amines is 1. The second-order valence-electron chi connectivity index (χ2n) is 4.74. The second-order valence-corrected chi connectivity index (χ2v) is 4.74. The van der Waals surface area contributed by atoms with E-state index in [1.54, 1.807) is 0 Å². The predicted molar refractivity (Wildman–Crippen MR) is 71.9 cm³/mol. The van der Waals surface area contributed by atoms with Crippen LogP contribution in [0.1, 0.15) is 36.3 Å². The molecule has 2 N–H and O–H groups in total. The highest BCUT2D eigenvalue weighted by atomic mass is 16.5. The molecule has 1 aromatic heterocycles. The summed E-state index contributed by atoms with van der Waals surface area (Å²) in [4.78, 5) is 4.12. The molecule has 1 unspecified atom stereocenters. The maximum atomic E-state index is 5.54. The van der Waals surface area contributed by atoms with Gasteiger partial charge in [0.1, 0.15) is 17.9 Å². The lowest BCUT2D eigenvalue weighted by Crippen LogP contribution is -2.21. The van der Waals surface area contributed by atoms with E-state index in [4.69, 9.17) is 4.74 Å². The Morgan fingerprint density at radius 2 is 2.42 bits per heavy atom. The van der Waals surface area contributed by atoms with Crippen molar-refractivity contribution in [1.29, 1.82) is 0 Å². The van der Waals surface area contributed by atoms with Crippen LogP contribution in [0.3, 0.4) is 0 Å². The van der Waals surface area contributed by atoms with Gasteiger partial charge in [0.05, 0.1) is 13.2 Å². The third-order valence-corrected chi connectivity index (χ3v) is 3.50. The van der Waals surface area contributed by atoms with Crippen LogP contribution in [0.25, 0.3) is 0 Å². The Bertz CT molecular complexity index is 538. The van der Waals surface area contributed by atoms with E-state index in [-0.39, 0.29) is 0 Å². The molecular formula is C14H18N4O. The molecular weight excluding hydrogens is 240 g/mol. The van der Waals surface area contributed by atoms with E-state index in [1.807, 2.05) is 0 Å². The van der Waals surface area contributed by atoms with E-state index in [1.165, 1.54) is 17.5 Å². The summed E-state index contributed by atoms with van der Waals surface area (Å²) in [6.07, 6.45) is 3.58. The number of aromatic nitrogens is 3. The Balaban J connectivity index is 1.71. The molecule has 0 saturated heterocycles. The molecule has 5 heteroatoms. The van der Waals surface area contributed by atoms with Crippen LogP contribution in [0.5, 0.6) is 5.75 Å². The van der Waals surface area contributed by atoms with E-state index in [2.05, 4.69) is 45.6 Å². The van der Waals surface area contributed by atoms with Crippen LogP contribution >= 0.6 is 0 Å². The number of benzene rings is 1. The predicted octanol–water partition coefficient (Wildman–Crippen LogP) is 1.98. The number of fused-ring (bicyclic) bond motifs is 1. The molecule has 1 aliphatic heterocycles. The molecule has 3 rings (SSSR count). The molecule has 0 bridgehead atoms. The maximum Gasteiger partial charge on any atom is 0.138 e. The Labute approximate surface area is 112 Å². The number of hydrogen-bond donors (Lipinski definition) is 2. The molecule has 1 aliphatic rings. The van der Waals surface area contributed by atoms with Gasteiger partial charge in [-0.1, -0.05) is 19.1 Å². The Morgan fingerprint density at radius 1 is 1.47 bits per heavy atom. The molecule has 0 aliphatic carbocycles. The van der Waals surface area contributed by atoms with Crippen LogP contribution in [0.2, 0.25) is 0 Å². The Morgan fingerprint density at radius 3 is 3.21 bits per heavy atom. The third kappa shape index (κ3) is 2.61. The van der Waals surface area contributed by atoms with Crippen LogP contribution in [0.15, 0.2) is 24.5 Å². The summed E-state index contributed by atoms with van der Waals surface area (Å²) in [6, 6.07) is 6.81. The van der Waals surface area contributed by atoms with Crippen molar-refractivity contribution in [2.45, 2.75) is 32.4 Å². The molecule has 2 heterocycles. The first-order valence-corrected chi connectivity index (χ1v) is 6.70. The minimum absolute atomic E-state index is 0.330. The summed E-state index contributed by atoms with van der Waals surface area (Å²) in [5, 5.41) is 10.2. The van der Waals surface area contributed by atoms with Crippen molar-refractivity contribution < 1.29 is 4.74 Å². The van der Waals surface area contributed by atoms with Crippen molar-refractivity contribution in [2.75, 3.05) is 6.61 Å². The van der Waals surface area contributed by atoms with Crippen LogP contribution in [-0.4, -0.2) is 21.8 Å². The van der Waals surface area contributed by atoms with E-state index in [0.29, 0.717) is 12.6 Å². The average Bonchev–Trinajstić information content (AvgIpc) is 3.09. The largest absolute Gasteiger partial charge is 0.493 e. The molecule has 0 spiro atoms. The third-order valence-electron chi connectivity index (χ3n) is 3.50. The average molecular weight is 258 g/mol. The number of hydrogen-bond acceptors (Lipinski definition) is 4. The molecule has 0 radical (unpaired) electrons. The number of H-pyrrole nitrogens is 1. The Kier molecular flexibility index (Phi) is 3.46. The summed E-state index contributed by atoms with van der Waals surface area (Å²) < 4.78 is 5.54. The Hall–Kier alpha value is -1.88. The summed E-state index contributed by atoms with van der Waals surface area (Å²) in [7, 11) is 0. The lowest BCUT2D eigenvalue weighted by atomic mass is 10.0. The van der Waals surface area contributed by atoms with Crippen LogP contribution < -0.4 is 10.1 Å². The molecule has 2 aromatic rings. The summed E-state index contributed by atoms with van der Waals surface area (Å²) in [5.74, 6) is 1.90. The van der Waals surface area contributed by atoms with Gasteiger partial charge in [-0.25, -0.2) is 4.98 Å². The zero-order chi connectivity index (χ0) is 13.1. The molecule has 19 heavy (non-hydrogen) atoms. The van der Waals surface area contributed by atoms with E-state index >= 15 is 0 Å². The lowest BCUT2D eigenvalue weighted by molar-refractivity contribution is 0.356. The van der Waals surface area contributed by atoms with E-state index in [9.17, 15) is 0 Å². The van der Waals surface area contributed by atoms with Gasteiger partial charge in [0.25, 0.3) is 0 Å². The first-order chi connectivity index (χ1) is 9.36. The fourth-order valence-corrected chi connectivity index (χ4v) is 2.46. The van der Waals surface area contributed by atoms with Crippen molar-refractivity contribution in [3.63, 3.8) is 0 Å². The van der Waals surface area contributed by atoms with Crippen LogP contribution in [0.4, 0.5) is 0 Å². The van der Waals surface area contributed by atoms with Crippen molar-refractivity contribution >= 4 is 0 Å². The van der Waals surface area contributed by atoms with Gasteiger partial charge in [0.2, 0.25) is 0 Å². The lowest BCUT2D eigenvalue weighted by Gasteiger charge is -2.17. The number of ether oxygens (including phenoxy) is 1. The zero-order valence-electron chi connectivity index (χ0n) is 11.0. The van der Waals surface area contributed by atoms with Crippen molar-refractivity contribution in [3.8, 4) is 5.75 Å². The van der Waals surface area contributed by atoms with Crippen molar-refractivity contribution in [2.24, 2.45) is 0 Å². The minimum atomic E-state index is 0.330. The highest BCUT2D eigenvalue weighted by molar-refractivity contribution is 5.40. The monoisotopic (exact) mass is 258 g/mol. The topological polar surface area (TPSA) is 62.8 Å². The van der Waals surface area contributed by atoms with Gasteiger partial charge in [-0.05, 0) is 23.6 Å². The van der Waals surface area contributed by atoms with Gasteiger partial charge in [0.15, 0.2) is 0 Å². The first kappa shape index (κ1) is 12.2. The van der Waals surface area contributed by atoms with Gasteiger partial charge in [0, 0.05) is 12.5 Å². The van der Waals surface area contributed by atoms with Crippen LogP contribution in [-0.2, 0) is 13.0 Å². The van der Waals surface area contributed by atoms with Gasteiger partial charge >= 0.3 is 0 Å². The number of nitrogens with one attached hydrogen (secondary N) is 2. The van der Waals surface area contributed by atoms with Gasteiger partial charge in [-0.15, -0.1) is 0 Å².